The molecule has 0 N–H and O–H groups in total. The molecule has 0 spiro atoms. The Balaban J connectivity index is 3.13. The maximum absolute atomic E-state index is 5.88. The zero-order chi connectivity index (χ0) is 23.4. The quantitative estimate of drug-likeness (QED) is 0.0644. The Bertz CT molecular complexity index is 294. The van der Waals surface area contributed by atoms with Crippen molar-refractivity contribution in [2.75, 3.05) is 13.2 Å². The van der Waals surface area contributed by atoms with Crippen molar-refractivity contribution >= 4 is 10.2 Å². The van der Waals surface area contributed by atoms with Crippen LogP contribution in [0.15, 0.2) is 0 Å². The van der Waals surface area contributed by atoms with E-state index in [-0.39, 0.29) is 5.91 Å². The Morgan fingerprint density at radius 2 is 0.594 bits per heavy atom. The maximum Gasteiger partial charge on any atom is 0.131 e. The average Bonchev–Trinajstić information content (AvgIpc) is 2.80. The summed E-state index contributed by atoms with van der Waals surface area (Å²) in [7, 11) is 0.987. The van der Waals surface area contributed by atoms with Crippen LogP contribution in [0.1, 0.15) is 168 Å². The number of rotatable bonds is 28. The normalized spacial score (nSPS) is 11.7. The molecule has 0 aromatic rings. The number of ether oxygens (including phenoxy) is 2. The van der Waals surface area contributed by atoms with E-state index in [2.05, 4.69) is 13.8 Å². The zero-order valence-electron chi connectivity index (χ0n) is 22.8. The SMILES string of the molecule is CCCCCCCCCCCCCCOC([SiH3])OCCCCCCCCCCCCCC. The first-order valence-electron chi connectivity index (χ1n) is 15.0. The molecule has 0 aliphatic carbocycles. The molecule has 0 aromatic carbocycles. The highest BCUT2D eigenvalue weighted by molar-refractivity contribution is 6.10. The van der Waals surface area contributed by atoms with E-state index in [0.717, 1.165) is 23.5 Å². The van der Waals surface area contributed by atoms with Crippen LogP contribution >= 0.6 is 0 Å². The molecular weight excluding hydrogens is 408 g/mol. The molecule has 194 valence electrons. The lowest BCUT2D eigenvalue weighted by atomic mass is 10.1. The Labute approximate surface area is 206 Å². The molecule has 3 heteroatoms. The van der Waals surface area contributed by atoms with Crippen molar-refractivity contribution in [2.45, 2.75) is 174 Å². The van der Waals surface area contributed by atoms with Gasteiger partial charge in [-0.05, 0) is 12.8 Å². The van der Waals surface area contributed by atoms with Crippen LogP contribution in [0.3, 0.4) is 0 Å². The number of hydrogen-bond donors (Lipinski definition) is 0. The predicted molar refractivity (Wildman–Crippen MR) is 148 cm³/mol. The summed E-state index contributed by atoms with van der Waals surface area (Å²) in [5.41, 5.74) is 0. The van der Waals surface area contributed by atoms with Gasteiger partial charge in [-0.15, -0.1) is 0 Å². The standard InChI is InChI=1S/C29H62O2Si/c1-3-5-7-9-11-13-15-17-19-21-23-25-27-30-29(32)31-28-26-24-22-20-18-16-14-12-10-8-6-4-2/h29H,3-28H2,1-2,32H3. The van der Waals surface area contributed by atoms with Crippen molar-refractivity contribution < 1.29 is 9.47 Å². The Morgan fingerprint density at radius 1 is 0.375 bits per heavy atom. The predicted octanol–water partition coefficient (Wildman–Crippen LogP) is 9.07. The molecular formula is C29H62O2Si. The van der Waals surface area contributed by atoms with Gasteiger partial charge in [0.2, 0.25) is 0 Å². The Hall–Kier alpha value is 0.137. The van der Waals surface area contributed by atoms with Gasteiger partial charge in [0.15, 0.2) is 0 Å². The molecule has 0 amide bonds. The van der Waals surface area contributed by atoms with Crippen LogP contribution in [0.2, 0.25) is 0 Å². The van der Waals surface area contributed by atoms with Crippen molar-refractivity contribution in [3.8, 4) is 0 Å². The van der Waals surface area contributed by atoms with Crippen LogP contribution in [-0.4, -0.2) is 29.4 Å². The summed E-state index contributed by atoms with van der Waals surface area (Å²) in [6.07, 6.45) is 33.6. The second-order valence-electron chi connectivity index (χ2n) is 10.1. The van der Waals surface area contributed by atoms with Gasteiger partial charge in [0, 0.05) is 13.2 Å². The van der Waals surface area contributed by atoms with E-state index in [1.54, 1.807) is 0 Å². The molecule has 0 aliphatic rings. The highest BCUT2D eigenvalue weighted by Gasteiger charge is 2.02. The second-order valence-corrected chi connectivity index (χ2v) is 11.0. The van der Waals surface area contributed by atoms with Crippen molar-refractivity contribution in [3.63, 3.8) is 0 Å². The van der Waals surface area contributed by atoms with Crippen molar-refractivity contribution in [1.29, 1.82) is 0 Å². The van der Waals surface area contributed by atoms with Gasteiger partial charge in [-0.1, -0.05) is 155 Å². The van der Waals surface area contributed by atoms with E-state index >= 15 is 0 Å². The summed E-state index contributed by atoms with van der Waals surface area (Å²) < 4.78 is 11.8. The van der Waals surface area contributed by atoms with E-state index in [4.69, 9.17) is 9.47 Å². The summed E-state index contributed by atoms with van der Waals surface area (Å²) in [6.45, 7) is 6.37. The first-order chi connectivity index (χ1) is 15.8. The van der Waals surface area contributed by atoms with E-state index < -0.39 is 0 Å². The molecule has 0 unspecified atom stereocenters. The van der Waals surface area contributed by atoms with Gasteiger partial charge in [0.05, 0.1) is 10.2 Å². The molecule has 0 saturated carbocycles. The van der Waals surface area contributed by atoms with E-state index in [1.165, 1.54) is 154 Å². The minimum absolute atomic E-state index is 0.107. The third-order valence-electron chi connectivity index (χ3n) is 6.70. The number of hydrogen-bond acceptors (Lipinski definition) is 2. The van der Waals surface area contributed by atoms with Crippen molar-refractivity contribution in [3.05, 3.63) is 0 Å². The molecule has 32 heavy (non-hydrogen) atoms. The van der Waals surface area contributed by atoms with E-state index in [0.29, 0.717) is 0 Å². The van der Waals surface area contributed by atoms with Gasteiger partial charge >= 0.3 is 0 Å². The van der Waals surface area contributed by atoms with Gasteiger partial charge in [-0.2, -0.15) is 0 Å². The third kappa shape index (κ3) is 28.2. The molecule has 0 fully saturated rings. The van der Waals surface area contributed by atoms with Gasteiger partial charge in [0.1, 0.15) is 5.91 Å². The molecule has 0 saturated heterocycles. The van der Waals surface area contributed by atoms with Gasteiger partial charge in [-0.3, -0.25) is 0 Å². The topological polar surface area (TPSA) is 18.5 Å². The molecule has 0 heterocycles. The first kappa shape index (κ1) is 32.1. The van der Waals surface area contributed by atoms with E-state index in [9.17, 15) is 0 Å². The summed E-state index contributed by atoms with van der Waals surface area (Å²) in [5.74, 6) is 0.107. The highest BCUT2D eigenvalue weighted by Crippen LogP contribution is 2.13. The summed E-state index contributed by atoms with van der Waals surface area (Å²) in [5, 5.41) is 0. The maximum atomic E-state index is 5.88. The van der Waals surface area contributed by atoms with Crippen LogP contribution in [0, 0.1) is 0 Å². The average molecular weight is 471 g/mol. The lowest BCUT2D eigenvalue weighted by Crippen LogP contribution is -2.18. The summed E-state index contributed by atoms with van der Waals surface area (Å²) in [4.78, 5) is 0. The molecule has 2 nitrogen and oxygen atoms in total. The first-order valence-corrected chi connectivity index (χ1v) is 16.2. The van der Waals surface area contributed by atoms with Gasteiger partial charge in [-0.25, -0.2) is 0 Å². The fraction of sp³-hybridized carbons (Fsp3) is 1.00. The number of unbranched alkanes of at least 4 members (excludes halogenated alkanes) is 22. The van der Waals surface area contributed by atoms with Crippen LogP contribution in [0.5, 0.6) is 0 Å². The van der Waals surface area contributed by atoms with Crippen LogP contribution in [0.4, 0.5) is 0 Å². The van der Waals surface area contributed by atoms with E-state index in [1.807, 2.05) is 0 Å². The minimum Gasteiger partial charge on any atom is -0.357 e. The Kier molecular flexibility index (Phi) is 29.3. The second kappa shape index (κ2) is 29.2. The van der Waals surface area contributed by atoms with Crippen molar-refractivity contribution in [1.82, 2.24) is 0 Å². The monoisotopic (exact) mass is 470 g/mol. The molecule has 0 aromatic heterocycles. The Morgan fingerprint density at radius 3 is 0.844 bits per heavy atom. The summed E-state index contributed by atoms with van der Waals surface area (Å²) >= 11 is 0. The largest absolute Gasteiger partial charge is 0.357 e. The fourth-order valence-electron chi connectivity index (χ4n) is 4.43. The minimum atomic E-state index is 0.107. The zero-order valence-corrected chi connectivity index (χ0v) is 24.8. The summed E-state index contributed by atoms with van der Waals surface area (Å²) in [6, 6.07) is 0. The smallest absolute Gasteiger partial charge is 0.131 e. The highest BCUT2D eigenvalue weighted by atomic mass is 28.1. The van der Waals surface area contributed by atoms with Gasteiger partial charge in [0.25, 0.3) is 0 Å². The molecule has 0 bridgehead atoms. The fourth-order valence-corrected chi connectivity index (χ4v) is 4.90. The van der Waals surface area contributed by atoms with Crippen LogP contribution in [0.25, 0.3) is 0 Å². The lowest BCUT2D eigenvalue weighted by Gasteiger charge is -2.14. The molecule has 0 rings (SSSR count). The molecule has 0 atom stereocenters. The van der Waals surface area contributed by atoms with Gasteiger partial charge < -0.3 is 9.47 Å². The molecule has 0 aliphatic heterocycles. The van der Waals surface area contributed by atoms with Crippen LogP contribution < -0.4 is 0 Å². The van der Waals surface area contributed by atoms with Crippen LogP contribution in [-0.2, 0) is 9.47 Å². The van der Waals surface area contributed by atoms with Crippen molar-refractivity contribution in [2.24, 2.45) is 0 Å². The molecule has 0 radical (unpaired) electrons. The lowest BCUT2D eigenvalue weighted by molar-refractivity contribution is -0.0900. The third-order valence-corrected chi connectivity index (χ3v) is 7.37.